The molecule has 0 aliphatic rings. The molecule has 0 amide bonds. The molecule has 0 aliphatic heterocycles. The van der Waals surface area contributed by atoms with Crippen LogP contribution in [0.2, 0.25) is 0 Å². The molecule has 0 aromatic carbocycles. The molecule has 0 radical (unpaired) electrons. The summed E-state index contributed by atoms with van der Waals surface area (Å²) in [6, 6.07) is 0. The van der Waals surface area contributed by atoms with Crippen molar-refractivity contribution in [3.8, 4) is 0 Å². The highest BCUT2D eigenvalue weighted by atomic mass is 16.5. The summed E-state index contributed by atoms with van der Waals surface area (Å²) in [7, 11) is 0. The minimum absolute atomic E-state index is 0.00463. The van der Waals surface area contributed by atoms with Crippen molar-refractivity contribution in [1.82, 2.24) is 0 Å². The fourth-order valence-electron chi connectivity index (χ4n) is 0.592. The summed E-state index contributed by atoms with van der Waals surface area (Å²) in [5.41, 5.74) is 0.265. The summed E-state index contributed by atoms with van der Waals surface area (Å²) in [5, 5.41) is 0. The van der Waals surface area contributed by atoms with Crippen LogP contribution in [0.3, 0.4) is 0 Å². The van der Waals surface area contributed by atoms with Crippen LogP contribution in [-0.4, -0.2) is 31.4 Å². The van der Waals surface area contributed by atoms with Crippen LogP contribution in [0.15, 0.2) is 11.6 Å². The summed E-state index contributed by atoms with van der Waals surface area (Å²) in [5.74, 6) is -0.899. The minimum Gasteiger partial charge on any atom is -0.462 e. The van der Waals surface area contributed by atoms with Gasteiger partial charge in [-0.25, -0.2) is 0 Å². The smallest absolute Gasteiger partial charge is 0.302 e. The summed E-state index contributed by atoms with van der Waals surface area (Å²) >= 11 is 0. The number of aldehydes is 1. The van der Waals surface area contributed by atoms with Crippen molar-refractivity contribution in [2.45, 2.75) is 13.8 Å². The molecule has 0 N–H and O–H groups in total. The van der Waals surface area contributed by atoms with Gasteiger partial charge >= 0.3 is 11.9 Å². The Morgan fingerprint density at radius 1 is 1.14 bits per heavy atom. The number of hydrogen-bond donors (Lipinski definition) is 0. The standard InChI is InChI=1S/C9H12O5/c1-7(11)13-4-3-9(5-10)6-14-8(2)12/h3,5H,4,6H2,1-2H3/b9-3-. The fourth-order valence-corrected chi connectivity index (χ4v) is 0.592. The minimum atomic E-state index is -0.467. The Hall–Kier alpha value is -1.65. The van der Waals surface area contributed by atoms with E-state index in [-0.39, 0.29) is 18.8 Å². The number of carbonyl (C=O) groups excluding carboxylic acids is 3. The first-order chi connectivity index (χ1) is 6.56. The van der Waals surface area contributed by atoms with Gasteiger partial charge in [-0.2, -0.15) is 0 Å². The number of ether oxygens (including phenoxy) is 2. The third-order valence-corrected chi connectivity index (χ3v) is 1.23. The van der Waals surface area contributed by atoms with Gasteiger partial charge < -0.3 is 9.47 Å². The van der Waals surface area contributed by atoms with Crippen molar-refractivity contribution in [2.24, 2.45) is 0 Å². The van der Waals surface area contributed by atoms with E-state index in [1.807, 2.05) is 0 Å². The lowest BCUT2D eigenvalue weighted by molar-refractivity contribution is -0.141. The lowest BCUT2D eigenvalue weighted by Crippen LogP contribution is -2.06. The Kier molecular flexibility index (Phi) is 6.02. The highest BCUT2D eigenvalue weighted by molar-refractivity contribution is 5.75. The van der Waals surface area contributed by atoms with Gasteiger partial charge in [0.15, 0.2) is 0 Å². The predicted octanol–water partition coefficient (Wildman–Crippen LogP) is 0.238. The maximum absolute atomic E-state index is 10.4. The van der Waals surface area contributed by atoms with E-state index in [0.29, 0.717) is 6.29 Å². The summed E-state index contributed by atoms with van der Waals surface area (Å²) in [4.78, 5) is 31.1. The van der Waals surface area contributed by atoms with Crippen LogP contribution in [0.25, 0.3) is 0 Å². The summed E-state index contributed by atoms with van der Waals surface area (Å²) < 4.78 is 9.14. The first kappa shape index (κ1) is 12.3. The van der Waals surface area contributed by atoms with Gasteiger partial charge in [-0.15, -0.1) is 0 Å². The SMILES string of the molecule is CC(=O)OC/C=C(/C=O)COC(C)=O. The van der Waals surface area contributed by atoms with E-state index in [1.54, 1.807) is 0 Å². The second-order valence-electron chi connectivity index (χ2n) is 2.48. The summed E-state index contributed by atoms with van der Waals surface area (Å²) in [6.45, 7) is 2.42. The van der Waals surface area contributed by atoms with E-state index in [4.69, 9.17) is 0 Å². The second kappa shape index (κ2) is 6.82. The molecule has 0 atom stereocenters. The molecule has 78 valence electrons. The topological polar surface area (TPSA) is 69.7 Å². The zero-order valence-corrected chi connectivity index (χ0v) is 8.11. The van der Waals surface area contributed by atoms with E-state index >= 15 is 0 Å². The molecule has 0 aromatic rings. The van der Waals surface area contributed by atoms with Crippen LogP contribution in [0.4, 0.5) is 0 Å². The number of hydrogen-bond acceptors (Lipinski definition) is 5. The van der Waals surface area contributed by atoms with Gasteiger partial charge in [-0.05, 0) is 6.08 Å². The Bertz CT molecular complexity index is 254. The zero-order chi connectivity index (χ0) is 11.0. The fraction of sp³-hybridized carbons (Fsp3) is 0.444. The largest absolute Gasteiger partial charge is 0.462 e. The van der Waals surface area contributed by atoms with Crippen LogP contribution < -0.4 is 0 Å². The molecular formula is C9H12O5. The molecule has 14 heavy (non-hydrogen) atoms. The van der Waals surface area contributed by atoms with Gasteiger partial charge in [-0.3, -0.25) is 14.4 Å². The number of carbonyl (C=O) groups is 3. The Labute approximate surface area is 81.7 Å². The predicted molar refractivity (Wildman–Crippen MR) is 47.4 cm³/mol. The van der Waals surface area contributed by atoms with Crippen molar-refractivity contribution in [3.63, 3.8) is 0 Å². The van der Waals surface area contributed by atoms with Crippen LogP contribution in [0.5, 0.6) is 0 Å². The molecular weight excluding hydrogens is 188 g/mol. The third-order valence-electron chi connectivity index (χ3n) is 1.23. The van der Waals surface area contributed by atoms with E-state index < -0.39 is 11.9 Å². The molecule has 0 saturated carbocycles. The van der Waals surface area contributed by atoms with Crippen LogP contribution in [0, 0.1) is 0 Å². The molecule has 0 unspecified atom stereocenters. The molecule has 0 aliphatic carbocycles. The van der Waals surface area contributed by atoms with Gasteiger partial charge in [0.05, 0.1) is 0 Å². The van der Waals surface area contributed by atoms with E-state index in [2.05, 4.69) is 9.47 Å². The molecule has 0 bridgehead atoms. The average molecular weight is 200 g/mol. The van der Waals surface area contributed by atoms with Crippen LogP contribution in [0.1, 0.15) is 13.8 Å². The van der Waals surface area contributed by atoms with E-state index in [0.717, 1.165) is 0 Å². The Morgan fingerprint density at radius 2 is 1.71 bits per heavy atom. The Morgan fingerprint density at radius 3 is 2.14 bits per heavy atom. The number of rotatable bonds is 5. The molecule has 0 aromatic heterocycles. The summed E-state index contributed by atoms with van der Waals surface area (Å²) in [6.07, 6.45) is 1.93. The van der Waals surface area contributed by atoms with E-state index in [9.17, 15) is 14.4 Å². The van der Waals surface area contributed by atoms with Crippen molar-refractivity contribution >= 4 is 18.2 Å². The molecule has 0 fully saturated rings. The Balaban J connectivity index is 3.92. The van der Waals surface area contributed by atoms with Crippen molar-refractivity contribution < 1.29 is 23.9 Å². The maximum atomic E-state index is 10.4. The van der Waals surface area contributed by atoms with Gasteiger partial charge in [0.1, 0.15) is 19.5 Å². The van der Waals surface area contributed by atoms with Gasteiger partial charge in [-0.1, -0.05) is 0 Å². The first-order valence-electron chi connectivity index (χ1n) is 3.97. The first-order valence-corrected chi connectivity index (χ1v) is 3.97. The van der Waals surface area contributed by atoms with Crippen molar-refractivity contribution in [3.05, 3.63) is 11.6 Å². The molecule has 5 nitrogen and oxygen atoms in total. The highest BCUT2D eigenvalue weighted by Gasteiger charge is 1.99. The van der Waals surface area contributed by atoms with E-state index in [1.165, 1.54) is 19.9 Å². The normalized spacial score (nSPS) is 10.6. The van der Waals surface area contributed by atoms with Gasteiger partial charge in [0.2, 0.25) is 0 Å². The molecule has 0 rings (SSSR count). The van der Waals surface area contributed by atoms with Crippen molar-refractivity contribution in [1.29, 1.82) is 0 Å². The lowest BCUT2D eigenvalue weighted by atomic mass is 10.3. The molecule has 0 saturated heterocycles. The monoisotopic (exact) mass is 200 g/mol. The lowest BCUT2D eigenvalue weighted by Gasteiger charge is -2.01. The molecule has 0 heterocycles. The molecule has 0 spiro atoms. The van der Waals surface area contributed by atoms with Crippen LogP contribution in [-0.2, 0) is 23.9 Å². The third kappa shape index (κ3) is 7.02. The molecule has 5 heteroatoms. The number of esters is 2. The quantitative estimate of drug-likeness (QED) is 0.361. The van der Waals surface area contributed by atoms with Gasteiger partial charge in [0, 0.05) is 19.4 Å². The maximum Gasteiger partial charge on any atom is 0.302 e. The van der Waals surface area contributed by atoms with Crippen molar-refractivity contribution in [2.75, 3.05) is 13.2 Å². The average Bonchev–Trinajstić information content (AvgIpc) is 2.10. The van der Waals surface area contributed by atoms with Crippen LogP contribution >= 0.6 is 0 Å². The zero-order valence-electron chi connectivity index (χ0n) is 8.11. The van der Waals surface area contributed by atoms with Gasteiger partial charge in [0.25, 0.3) is 0 Å². The second-order valence-corrected chi connectivity index (χ2v) is 2.48. The highest BCUT2D eigenvalue weighted by Crippen LogP contribution is 1.92.